The van der Waals surface area contributed by atoms with Crippen LogP contribution in [0, 0.1) is 11.3 Å². The van der Waals surface area contributed by atoms with E-state index in [1.807, 2.05) is 102 Å². The molecule has 6 heteroatoms. The molecule has 5 nitrogen and oxygen atoms in total. The van der Waals surface area contributed by atoms with Crippen LogP contribution < -0.4 is 0 Å². The minimum atomic E-state index is -0.985. The third-order valence-corrected chi connectivity index (χ3v) is 7.08. The number of nitrogens with zero attached hydrogens (tertiary/aromatic N) is 4. The van der Waals surface area contributed by atoms with Crippen molar-refractivity contribution in [1.82, 2.24) is 14.8 Å². The molecule has 0 radical (unpaired) electrons. The van der Waals surface area contributed by atoms with E-state index in [2.05, 4.69) is 11.1 Å². The minimum Gasteiger partial charge on any atom is -0.291 e. The fourth-order valence-corrected chi connectivity index (χ4v) is 5.33. The average molecular weight is 471 g/mol. The molecule has 0 bridgehead atoms. The van der Waals surface area contributed by atoms with Gasteiger partial charge in [-0.3, -0.25) is 9.78 Å². The van der Waals surface area contributed by atoms with Gasteiger partial charge in [0.15, 0.2) is 11.7 Å². The largest absolute Gasteiger partial charge is 0.291 e. The highest BCUT2D eigenvalue weighted by molar-refractivity contribution is 7.20. The first kappa shape index (κ1) is 21.0. The fraction of sp³-hybridized carbons (Fsp3) is 0.0345. The van der Waals surface area contributed by atoms with Gasteiger partial charge in [0, 0.05) is 16.3 Å². The zero-order valence-electron chi connectivity index (χ0n) is 18.5. The maximum absolute atomic E-state index is 13.6. The number of Topliss-reactive ketones (excluding diaryl/α,β-unsaturated/α-hetero) is 1. The second kappa shape index (κ2) is 8.64. The number of aromatic nitrogens is 3. The van der Waals surface area contributed by atoms with Crippen molar-refractivity contribution in [2.24, 2.45) is 0 Å². The molecule has 0 spiro atoms. The average Bonchev–Trinajstić information content (AvgIpc) is 3.50. The fourth-order valence-electron chi connectivity index (χ4n) is 4.23. The standard InChI is InChI=1S/C29H18N4OS/c30-18-23(25-16-15-19-9-7-8-14-24(19)31-25)28(34)26-17-22-27(20-10-3-1-4-11-20)32-33(29(22)35-26)21-12-5-2-6-13-21/h1-17,23H/t23-/m1/s1. The van der Waals surface area contributed by atoms with Crippen molar-refractivity contribution in [2.45, 2.75) is 5.92 Å². The number of pyridine rings is 1. The molecule has 1 atom stereocenters. The van der Waals surface area contributed by atoms with E-state index >= 15 is 0 Å². The highest BCUT2D eigenvalue weighted by atomic mass is 32.1. The van der Waals surface area contributed by atoms with E-state index in [-0.39, 0.29) is 5.78 Å². The first-order valence-electron chi connectivity index (χ1n) is 11.2. The predicted octanol–water partition coefficient (Wildman–Crippen LogP) is 6.79. The molecule has 0 unspecified atom stereocenters. The zero-order chi connectivity index (χ0) is 23.8. The van der Waals surface area contributed by atoms with Gasteiger partial charge in [0.1, 0.15) is 10.5 Å². The number of thiophene rings is 1. The maximum atomic E-state index is 13.6. The molecule has 0 N–H and O–H groups in total. The van der Waals surface area contributed by atoms with Gasteiger partial charge in [-0.2, -0.15) is 10.4 Å². The van der Waals surface area contributed by atoms with Crippen LogP contribution in [-0.4, -0.2) is 20.5 Å². The molecular formula is C29H18N4OS. The van der Waals surface area contributed by atoms with Gasteiger partial charge in [-0.05, 0) is 30.3 Å². The van der Waals surface area contributed by atoms with Crippen molar-refractivity contribution in [3.63, 3.8) is 0 Å². The van der Waals surface area contributed by atoms with Gasteiger partial charge in [0.05, 0.1) is 27.8 Å². The summed E-state index contributed by atoms with van der Waals surface area (Å²) in [6, 6.07) is 35.2. The molecule has 0 saturated carbocycles. The maximum Gasteiger partial charge on any atom is 0.196 e. The van der Waals surface area contributed by atoms with Gasteiger partial charge in [0.25, 0.3) is 0 Å². The Morgan fingerprint density at radius 3 is 2.37 bits per heavy atom. The smallest absolute Gasteiger partial charge is 0.196 e. The Hall–Kier alpha value is -4.60. The number of hydrogen-bond donors (Lipinski definition) is 0. The van der Waals surface area contributed by atoms with E-state index in [0.29, 0.717) is 10.6 Å². The monoisotopic (exact) mass is 470 g/mol. The normalized spacial score (nSPS) is 12.0. The molecule has 35 heavy (non-hydrogen) atoms. The van der Waals surface area contributed by atoms with Gasteiger partial charge in [0.2, 0.25) is 0 Å². The highest BCUT2D eigenvalue weighted by Gasteiger charge is 2.27. The van der Waals surface area contributed by atoms with Crippen LogP contribution in [0.2, 0.25) is 0 Å². The van der Waals surface area contributed by atoms with E-state index < -0.39 is 5.92 Å². The second-order valence-electron chi connectivity index (χ2n) is 8.15. The Kier molecular flexibility index (Phi) is 5.17. The summed E-state index contributed by atoms with van der Waals surface area (Å²) < 4.78 is 1.87. The van der Waals surface area contributed by atoms with E-state index in [4.69, 9.17) is 5.10 Å². The number of para-hydroxylation sites is 2. The predicted molar refractivity (Wildman–Crippen MR) is 139 cm³/mol. The van der Waals surface area contributed by atoms with E-state index in [9.17, 15) is 10.1 Å². The van der Waals surface area contributed by atoms with Crippen LogP contribution in [0.15, 0.2) is 103 Å². The second-order valence-corrected chi connectivity index (χ2v) is 9.18. The van der Waals surface area contributed by atoms with Crippen LogP contribution >= 0.6 is 11.3 Å². The van der Waals surface area contributed by atoms with Crippen LogP contribution in [0.5, 0.6) is 0 Å². The van der Waals surface area contributed by atoms with Crippen molar-refractivity contribution < 1.29 is 4.79 Å². The first-order chi connectivity index (χ1) is 17.2. The molecule has 0 saturated heterocycles. The van der Waals surface area contributed by atoms with E-state index in [1.165, 1.54) is 11.3 Å². The number of carbonyl (C=O) groups is 1. The van der Waals surface area contributed by atoms with Gasteiger partial charge >= 0.3 is 0 Å². The summed E-state index contributed by atoms with van der Waals surface area (Å²) in [6.07, 6.45) is 0. The molecule has 0 amide bonds. The molecule has 6 rings (SSSR count). The highest BCUT2D eigenvalue weighted by Crippen LogP contribution is 2.37. The topological polar surface area (TPSA) is 71.6 Å². The number of fused-ring (bicyclic) bond motifs is 2. The third-order valence-electron chi connectivity index (χ3n) is 5.96. The number of ketones is 1. The number of carbonyl (C=O) groups excluding carboxylic acids is 1. The minimum absolute atomic E-state index is 0.255. The molecule has 0 aliphatic rings. The summed E-state index contributed by atoms with van der Waals surface area (Å²) in [7, 11) is 0. The lowest BCUT2D eigenvalue weighted by molar-refractivity contribution is 0.0981. The van der Waals surface area contributed by atoms with Crippen LogP contribution in [0.3, 0.4) is 0 Å². The number of nitriles is 1. The van der Waals surface area contributed by atoms with Crippen molar-refractivity contribution in [3.8, 4) is 23.0 Å². The summed E-state index contributed by atoms with van der Waals surface area (Å²) >= 11 is 1.36. The molecule has 3 aromatic heterocycles. The Morgan fingerprint density at radius 2 is 1.60 bits per heavy atom. The molecule has 166 valence electrons. The third kappa shape index (κ3) is 3.68. The summed E-state index contributed by atoms with van der Waals surface area (Å²) in [5.74, 6) is -1.24. The van der Waals surface area contributed by atoms with Gasteiger partial charge < -0.3 is 0 Å². The molecule has 6 aromatic rings. The van der Waals surface area contributed by atoms with Crippen molar-refractivity contribution in [3.05, 3.63) is 114 Å². The Balaban J connectivity index is 1.48. The van der Waals surface area contributed by atoms with Crippen LogP contribution in [0.4, 0.5) is 0 Å². The van der Waals surface area contributed by atoms with E-state index in [1.54, 1.807) is 6.07 Å². The molecular weight excluding hydrogens is 452 g/mol. The first-order valence-corrected chi connectivity index (χ1v) is 12.0. The van der Waals surface area contributed by atoms with Crippen molar-refractivity contribution >= 4 is 38.2 Å². The summed E-state index contributed by atoms with van der Waals surface area (Å²) in [4.78, 5) is 19.6. The Labute approximate surface area is 205 Å². The summed E-state index contributed by atoms with van der Waals surface area (Å²) in [5, 5.41) is 16.7. The van der Waals surface area contributed by atoms with Gasteiger partial charge in [-0.1, -0.05) is 72.8 Å². The quantitative estimate of drug-likeness (QED) is 0.260. The van der Waals surface area contributed by atoms with E-state index in [0.717, 1.165) is 38.1 Å². The number of hydrogen-bond acceptors (Lipinski definition) is 5. The lowest BCUT2D eigenvalue weighted by Crippen LogP contribution is -2.11. The lowest BCUT2D eigenvalue weighted by Gasteiger charge is -2.08. The SMILES string of the molecule is N#C[C@@H](C(=O)c1cc2c(-c3ccccc3)nn(-c3ccccc3)c2s1)c1ccc2ccccc2n1. The van der Waals surface area contributed by atoms with Gasteiger partial charge in [-0.25, -0.2) is 4.68 Å². The molecule has 3 aromatic carbocycles. The summed E-state index contributed by atoms with van der Waals surface area (Å²) in [6.45, 7) is 0. The number of rotatable bonds is 5. The lowest BCUT2D eigenvalue weighted by atomic mass is 9.98. The summed E-state index contributed by atoms with van der Waals surface area (Å²) in [5.41, 5.74) is 3.91. The Bertz CT molecular complexity index is 1660. The molecule has 0 aliphatic carbocycles. The zero-order valence-corrected chi connectivity index (χ0v) is 19.3. The van der Waals surface area contributed by atoms with Crippen molar-refractivity contribution in [1.29, 1.82) is 5.26 Å². The molecule has 3 heterocycles. The number of benzene rings is 3. The van der Waals surface area contributed by atoms with Gasteiger partial charge in [-0.15, -0.1) is 11.3 Å². The van der Waals surface area contributed by atoms with Crippen molar-refractivity contribution in [2.75, 3.05) is 0 Å². The Morgan fingerprint density at radius 1 is 0.886 bits per heavy atom. The van der Waals surface area contributed by atoms with Crippen LogP contribution in [0.1, 0.15) is 21.3 Å². The molecule has 0 aliphatic heterocycles. The van der Waals surface area contributed by atoms with Crippen LogP contribution in [-0.2, 0) is 0 Å². The molecule has 0 fully saturated rings. The van der Waals surface area contributed by atoms with Crippen LogP contribution in [0.25, 0.3) is 38.1 Å².